The molecule has 1 fully saturated rings. The van der Waals surface area contributed by atoms with Crippen molar-refractivity contribution in [1.82, 2.24) is 24.5 Å². The van der Waals surface area contributed by atoms with Gasteiger partial charge in [0.05, 0.1) is 31.2 Å². The zero-order valence-electron chi connectivity index (χ0n) is 14.7. The molecule has 0 bridgehead atoms. The van der Waals surface area contributed by atoms with Crippen molar-refractivity contribution in [2.45, 2.75) is 44.4 Å². The van der Waals surface area contributed by atoms with Crippen molar-refractivity contribution in [1.29, 1.82) is 0 Å². The van der Waals surface area contributed by atoms with Crippen molar-refractivity contribution in [2.75, 3.05) is 5.32 Å². The van der Waals surface area contributed by atoms with E-state index in [4.69, 9.17) is 4.42 Å². The van der Waals surface area contributed by atoms with Crippen LogP contribution in [0.4, 0.5) is 6.01 Å². The maximum atomic E-state index is 10.1. The van der Waals surface area contributed by atoms with Crippen molar-refractivity contribution >= 4 is 28.3 Å². The molecule has 8 nitrogen and oxygen atoms in total. The van der Waals surface area contributed by atoms with Crippen LogP contribution in [0.25, 0.3) is 22.3 Å². The first-order chi connectivity index (χ1) is 13.3. The number of rotatable bonds is 4. The first kappa shape index (κ1) is 16.2. The highest BCUT2D eigenvalue weighted by Crippen LogP contribution is 2.25. The van der Waals surface area contributed by atoms with Gasteiger partial charge in [-0.3, -0.25) is 0 Å². The molecule has 0 aliphatic heterocycles. The normalized spacial score (nSPS) is 20.3. The Morgan fingerprint density at radius 1 is 1.19 bits per heavy atom. The topological polar surface area (TPSA) is 102 Å². The molecule has 2 N–H and O–H groups in total. The van der Waals surface area contributed by atoms with Gasteiger partial charge in [0.1, 0.15) is 17.4 Å². The van der Waals surface area contributed by atoms with Gasteiger partial charge >= 0.3 is 0 Å². The minimum Gasteiger partial charge on any atom is -0.424 e. The Balaban J connectivity index is 1.39. The monoisotopic (exact) mass is 364 g/mol. The summed E-state index contributed by atoms with van der Waals surface area (Å²) in [6.07, 6.45) is 8.59. The van der Waals surface area contributed by atoms with Crippen LogP contribution in [0.5, 0.6) is 0 Å². The third-order valence-electron chi connectivity index (χ3n) is 5.12. The molecule has 1 aromatic carbocycles. The SMILES string of the molecule is OC1CCCCC1Nc1nc2ccc(Cn3cnc4cncnc43)cc2o1. The van der Waals surface area contributed by atoms with Gasteiger partial charge in [0, 0.05) is 0 Å². The number of hydrogen-bond acceptors (Lipinski definition) is 7. The second-order valence-corrected chi connectivity index (χ2v) is 7.03. The average molecular weight is 364 g/mol. The zero-order valence-corrected chi connectivity index (χ0v) is 14.7. The molecule has 3 aromatic heterocycles. The van der Waals surface area contributed by atoms with Gasteiger partial charge in [0.25, 0.3) is 6.01 Å². The number of hydrogen-bond donors (Lipinski definition) is 2. The van der Waals surface area contributed by atoms with Crippen LogP contribution in [0.15, 0.2) is 41.5 Å². The maximum absolute atomic E-state index is 10.1. The molecule has 0 amide bonds. The zero-order chi connectivity index (χ0) is 18.2. The van der Waals surface area contributed by atoms with Crippen LogP contribution in [0.1, 0.15) is 31.2 Å². The highest BCUT2D eigenvalue weighted by atomic mass is 16.4. The van der Waals surface area contributed by atoms with Gasteiger partial charge in [-0.25, -0.2) is 15.0 Å². The second kappa shape index (κ2) is 6.62. The van der Waals surface area contributed by atoms with Gasteiger partial charge in [0.2, 0.25) is 0 Å². The predicted molar refractivity (Wildman–Crippen MR) is 100 cm³/mol. The number of aromatic nitrogens is 5. The number of aliphatic hydroxyl groups excluding tert-OH is 1. The van der Waals surface area contributed by atoms with Gasteiger partial charge in [-0.15, -0.1) is 0 Å². The van der Waals surface area contributed by atoms with Gasteiger partial charge in [-0.2, -0.15) is 4.98 Å². The summed E-state index contributed by atoms with van der Waals surface area (Å²) < 4.78 is 7.86. The lowest BCUT2D eigenvalue weighted by atomic mass is 9.93. The molecule has 0 saturated heterocycles. The Kier molecular flexibility index (Phi) is 3.97. The number of benzene rings is 1. The Labute approximate surface area is 155 Å². The van der Waals surface area contributed by atoms with E-state index in [0.29, 0.717) is 12.6 Å². The second-order valence-electron chi connectivity index (χ2n) is 7.03. The fourth-order valence-electron chi connectivity index (χ4n) is 3.69. The largest absolute Gasteiger partial charge is 0.424 e. The number of imidazole rings is 1. The highest BCUT2D eigenvalue weighted by molar-refractivity contribution is 5.75. The summed E-state index contributed by atoms with van der Waals surface area (Å²) in [5.41, 5.74) is 4.16. The first-order valence-electron chi connectivity index (χ1n) is 9.21. The molecule has 138 valence electrons. The number of nitrogens with zero attached hydrogens (tertiary/aromatic N) is 5. The fraction of sp³-hybridized carbons (Fsp3) is 0.368. The van der Waals surface area contributed by atoms with Crippen LogP contribution >= 0.6 is 0 Å². The van der Waals surface area contributed by atoms with Crippen molar-refractivity contribution in [2.24, 2.45) is 0 Å². The van der Waals surface area contributed by atoms with Crippen LogP contribution < -0.4 is 5.32 Å². The van der Waals surface area contributed by atoms with Crippen LogP contribution in [0.3, 0.4) is 0 Å². The van der Waals surface area contributed by atoms with E-state index < -0.39 is 0 Å². The lowest BCUT2D eigenvalue weighted by molar-refractivity contribution is 0.115. The van der Waals surface area contributed by atoms with E-state index in [0.717, 1.165) is 53.5 Å². The molecule has 27 heavy (non-hydrogen) atoms. The molecule has 1 aliphatic carbocycles. The van der Waals surface area contributed by atoms with E-state index in [-0.39, 0.29) is 12.1 Å². The minimum absolute atomic E-state index is 0.00304. The van der Waals surface area contributed by atoms with E-state index in [1.54, 1.807) is 12.5 Å². The van der Waals surface area contributed by atoms with E-state index >= 15 is 0 Å². The van der Waals surface area contributed by atoms with Crippen molar-refractivity contribution in [3.63, 3.8) is 0 Å². The van der Waals surface area contributed by atoms with E-state index in [1.807, 2.05) is 22.8 Å². The van der Waals surface area contributed by atoms with Crippen LogP contribution in [0.2, 0.25) is 0 Å². The van der Waals surface area contributed by atoms with Gasteiger partial charge in [-0.05, 0) is 30.5 Å². The summed E-state index contributed by atoms with van der Waals surface area (Å²) >= 11 is 0. The van der Waals surface area contributed by atoms with E-state index in [1.165, 1.54) is 6.33 Å². The van der Waals surface area contributed by atoms with Crippen LogP contribution in [-0.2, 0) is 6.54 Å². The summed E-state index contributed by atoms with van der Waals surface area (Å²) in [6, 6.07) is 6.43. The first-order valence-corrected chi connectivity index (χ1v) is 9.21. The summed E-state index contributed by atoms with van der Waals surface area (Å²) in [7, 11) is 0. The van der Waals surface area contributed by atoms with Gasteiger partial charge < -0.3 is 19.4 Å². The van der Waals surface area contributed by atoms with Crippen LogP contribution in [0, 0.1) is 0 Å². The molecule has 0 spiro atoms. The van der Waals surface area contributed by atoms with Crippen molar-refractivity contribution in [3.8, 4) is 0 Å². The van der Waals surface area contributed by atoms with Crippen LogP contribution in [-0.4, -0.2) is 41.8 Å². The summed E-state index contributed by atoms with van der Waals surface area (Å²) in [6.45, 7) is 0.633. The molecule has 4 aromatic rings. The lowest BCUT2D eigenvalue weighted by Crippen LogP contribution is -2.36. The molecule has 1 aliphatic rings. The number of aliphatic hydroxyl groups is 1. The van der Waals surface area contributed by atoms with Gasteiger partial charge in [-0.1, -0.05) is 18.9 Å². The Morgan fingerprint density at radius 2 is 2.11 bits per heavy atom. The number of anilines is 1. The smallest absolute Gasteiger partial charge is 0.295 e. The average Bonchev–Trinajstić information content (AvgIpc) is 3.27. The van der Waals surface area contributed by atoms with E-state index in [9.17, 15) is 5.11 Å². The molecule has 8 heteroatoms. The molecule has 1 saturated carbocycles. The molecule has 5 rings (SSSR count). The summed E-state index contributed by atoms with van der Waals surface area (Å²) in [5, 5.41) is 13.4. The standard InChI is InChI=1S/C19H20N6O2/c26-16-4-2-1-3-13(16)23-19-24-14-6-5-12(7-17(14)27-19)9-25-11-22-15-8-20-10-21-18(15)25/h5-8,10-11,13,16,26H,1-4,9H2,(H,23,24). The van der Waals surface area contributed by atoms with Gasteiger partial charge in [0.15, 0.2) is 11.2 Å². The highest BCUT2D eigenvalue weighted by Gasteiger charge is 2.24. The molecule has 2 atom stereocenters. The lowest BCUT2D eigenvalue weighted by Gasteiger charge is -2.27. The number of oxazole rings is 1. The quantitative estimate of drug-likeness (QED) is 0.574. The third kappa shape index (κ3) is 3.12. The molecular formula is C19H20N6O2. The summed E-state index contributed by atoms with van der Waals surface area (Å²) in [5.74, 6) is 0. The third-order valence-corrected chi connectivity index (χ3v) is 5.12. The Bertz CT molecular complexity index is 1090. The summed E-state index contributed by atoms with van der Waals surface area (Å²) in [4.78, 5) is 17.1. The number of nitrogens with one attached hydrogen (secondary N) is 1. The molecule has 3 heterocycles. The Hall–Kier alpha value is -3.00. The maximum Gasteiger partial charge on any atom is 0.295 e. The van der Waals surface area contributed by atoms with E-state index in [2.05, 4.69) is 25.3 Å². The predicted octanol–water partition coefficient (Wildman–Crippen LogP) is 2.73. The number of fused-ring (bicyclic) bond motifs is 2. The molecular weight excluding hydrogens is 344 g/mol. The Morgan fingerprint density at radius 3 is 3.04 bits per heavy atom. The van der Waals surface area contributed by atoms with Crippen molar-refractivity contribution in [3.05, 3.63) is 42.6 Å². The minimum atomic E-state index is -0.346. The molecule has 2 unspecified atom stereocenters. The fourth-order valence-corrected chi connectivity index (χ4v) is 3.69. The van der Waals surface area contributed by atoms with Crippen molar-refractivity contribution < 1.29 is 9.52 Å². The molecule has 0 radical (unpaired) electrons.